The summed E-state index contributed by atoms with van der Waals surface area (Å²) in [4.78, 5) is 39.7. The molecule has 12 nitrogen and oxygen atoms in total. The van der Waals surface area contributed by atoms with E-state index in [1.807, 2.05) is 20.8 Å². The van der Waals surface area contributed by atoms with Crippen LogP contribution >= 0.6 is 0 Å². The Morgan fingerprint density at radius 2 is 0.917 bits per heavy atom. The molecule has 0 fully saturated rings. The predicted molar refractivity (Wildman–Crippen MR) is 197 cm³/mol. The van der Waals surface area contributed by atoms with Crippen LogP contribution in [0.3, 0.4) is 0 Å². The summed E-state index contributed by atoms with van der Waals surface area (Å²) < 4.78 is 10.8. The number of rotatable bonds is 32. The molecule has 0 heterocycles. The fraction of sp³-hybridized carbons (Fsp3) is 0.917. The minimum Gasteiger partial charge on any atom is -0.379 e. The van der Waals surface area contributed by atoms with Gasteiger partial charge >= 0.3 is 0 Å². The molecule has 3 amide bonds. The zero-order chi connectivity index (χ0) is 36.2. The van der Waals surface area contributed by atoms with E-state index in [0.29, 0.717) is 77.3 Å². The second-order valence-electron chi connectivity index (χ2n) is 13.9. The second kappa shape index (κ2) is 30.0. The summed E-state index contributed by atoms with van der Waals surface area (Å²) in [5.74, 6) is -0.370. The predicted octanol–water partition coefficient (Wildman–Crippen LogP) is 3.00. The zero-order valence-electron chi connectivity index (χ0n) is 32.1. The van der Waals surface area contributed by atoms with Gasteiger partial charge in [-0.15, -0.1) is 0 Å². The molecule has 0 aromatic heterocycles. The summed E-state index contributed by atoms with van der Waals surface area (Å²) in [6.07, 6.45) is 7.20. The summed E-state index contributed by atoms with van der Waals surface area (Å²) in [5.41, 5.74) is 0. The standard InChI is InChI=1S/C36H75N7O5/c1-10-47-25-26-48-24-23-40-35(45)32(43-36(46)33(42-30(8)9)19-12-15-21-38-28(4)5)18-13-16-22-39-34(44)31(41-29(6)7)17-11-14-20-37-27(2)3/h27-33,37-38,41-42H,10-26H2,1-9H3,(H,39,44)(H,40,45)(H,43,46). The van der Waals surface area contributed by atoms with Crippen LogP contribution in [-0.2, 0) is 23.9 Å². The Balaban J connectivity index is 5.11. The van der Waals surface area contributed by atoms with E-state index in [0.717, 1.165) is 45.2 Å². The van der Waals surface area contributed by atoms with Crippen molar-refractivity contribution >= 4 is 17.7 Å². The van der Waals surface area contributed by atoms with E-state index in [1.165, 1.54) is 0 Å². The van der Waals surface area contributed by atoms with Gasteiger partial charge in [-0.1, -0.05) is 68.2 Å². The number of carbonyl (C=O) groups is 3. The molecule has 0 aromatic rings. The highest BCUT2D eigenvalue weighted by molar-refractivity contribution is 5.89. The molecule has 0 aliphatic heterocycles. The van der Waals surface area contributed by atoms with E-state index < -0.39 is 6.04 Å². The van der Waals surface area contributed by atoms with Crippen LogP contribution in [0.25, 0.3) is 0 Å². The van der Waals surface area contributed by atoms with Crippen molar-refractivity contribution in [2.45, 2.75) is 162 Å². The SMILES string of the molecule is CCOCCOCCNC(=O)C(CCCCNC(=O)C(CCCCNC(C)C)NC(C)C)NC(=O)C(CCCCNC(C)C)NC(C)C. The summed E-state index contributed by atoms with van der Waals surface area (Å²) in [7, 11) is 0. The van der Waals surface area contributed by atoms with E-state index in [9.17, 15) is 14.4 Å². The average molecular weight is 686 g/mol. The Morgan fingerprint density at radius 3 is 1.42 bits per heavy atom. The first kappa shape index (κ1) is 46.2. The third kappa shape index (κ3) is 27.0. The van der Waals surface area contributed by atoms with Crippen LogP contribution in [0.4, 0.5) is 0 Å². The highest BCUT2D eigenvalue weighted by Gasteiger charge is 2.26. The van der Waals surface area contributed by atoms with Gasteiger partial charge < -0.3 is 46.7 Å². The number of carbonyl (C=O) groups excluding carboxylic acids is 3. The minimum atomic E-state index is -0.675. The first-order valence-electron chi connectivity index (χ1n) is 18.9. The van der Waals surface area contributed by atoms with Crippen molar-refractivity contribution in [2.24, 2.45) is 0 Å². The highest BCUT2D eigenvalue weighted by atomic mass is 16.5. The summed E-state index contributed by atoms with van der Waals surface area (Å²) in [5, 5.41) is 22.7. The minimum absolute atomic E-state index is 0.0126. The fourth-order valence-corrected chi connectivity index (χ4v) is 5.20. The molecule has 7 N–H and O–H groups in total. The van der Waals surface area contributed by atoms with Crippen molar-refractivity contribution in [3.63, 3.8) is 0 Å². The summed E-state index contributed by atoms with van der Waals surface area (Å²) in [6.45, 7) is 23.3. The zero-order valence-corrected chi connectivity index (χ0v) is 32.1. The van der Waals surface area contributed by atoms with Crippen LogP contribution in [-0.4, -0.2) is 113 Å². The lowest BCUT2D eigenvalue weighted by Gasteiger charge is -2.25. The Kier molecular flexibility index (Phi) is 28.9. The average Bonchev–Trinajstić information content (AvgIpc) is 3.01. The van der Waals surface area contributed by atoms with Gasteiger partial charge in [-0.05, 0) is 65.0 Å². The molecule has 12 heteroatoms. The van der Waals surface area contributed by atoms with Gasteiger partial charge in [0.25, 0.3) is 0 Å². The highest BCUT2D eigenvalue weighted by Crippen LogP contribution is 2.08. The Morgan fingerprint density at radius 1 is 0.479 bits per heavy atom. The molecule has 3 unspecified atom stereocenters. The molecular formula is C36H75N7O5. The molecule has 0 rings (SSSR count). The first-order chi connectivity index (χ1) is 22.9. The van der Waals surface area contributed by atoms with E-state index >= 15 is 0 Å². The van der Waals surface area contributed by atoms with Gasteiger partial charge in [0.2, 0.25) is 17.7 Å². The maximum absolute atomic E-state index is 13.5. The van der Waals surface area contributed by atoms with Crippen molar-refractivity contribution < 1.29 is 23.9 Å². The molecule has 0 bridgehead atoms. The van der Waals surface area contributed by atoms with Gasteiger partial charge in [0.1, 0.15) is 6.04 Å². The van der Waals surface area contributed by atoms with Gasteiger partial charge in [-0.3, -0.25) is 14.4 Å². The van der Waals surface area contributed by atoms with Crippen molar-refractivity contribution in [1.29, 1.82) is 0 Å². The topological polar surface area (TPSA) is 154 Å². The summed E-state index contributed by atoms with van der Waals surface area (Å²) >= 11 is 0. The normalized spacial score (nSPS) is 13.7. The van der Waals surface area contributed by atoms with E-state index in [2.05, 4.69) is 78.8 Å². The Hall–Kier alpha value is -1.83. The number of amides is 3. The maximum Gasteiger partial charge on any atom is 0.242 e. The van der Waals surface area contributed by atoms with Gasteiger partial charge in [0.15, 0.2) is 0 Å². The van der Waals surface area contributed by atoms with Crippen molar-refractivity contribution in [3.05, 3.63) is 0 Å². The van der Waals surface area contributed by atoms with Gasteiger partial charge in [-0.2, -0.15) is 0 Å². The first-order valence-corrected chi connectivity index (χ1v) is 18.9. The second-order valence-corrected chi connectivity index (χ2v) is 13.9. The number of hydrogen-bond donors (Lipinski definition) is 7. The van der Waals surface area contributed by atoms with E-state index in [1.54, 1.807) is 0 Å². The quantitative estimate of drug-likeness (QED) is 0.0530. The van der Waals surface area contributed by atoms with Crippen LogP contribution in [0.15, 0.2) is 0 Å². The summed E-state index contributed by atoms with van der Waals surface area (Å²) in [6, 6.07) is -0.0622. The molecule has 0 aromatic carbocycles. The molecule has 3 atom stereocenters. The molecular weight excluding hydrogens is 610 g/mol. The van der Waals surface area contributed by atoms with Crippen molar-refractivity contribution in [3.8, 4) is 0 Å². The maximum atomic E-state index is 13.5. The van der Waals surface area contributed by atoms with E-state index in [4.69, 9.17) is 9.47 Å². The number of hydrogen-bond acceptors (Lipinski definition) is 9. The molecule has 0 spiro atoms. The lowest BCUT2D eigenvalue weighted by atomic mass is 10.0. The van der Waals surface area contributed by atoms with Crippen LogP contribution in [0, 0.1) is 0 Å². The van der Waals surface area contributed by atoms with Crippen LogP contribution in [0.1, 0.15) is 120 Å². The molecule has 48 heavy (non-hydrogen) atoms. The molecule has 0 aliphatic carbocycles. The molecule has 0 radical (unpaired) electrons. The van der Waals surface area contributed by atoms with E-state index in [-0.39, 0.29) is 41.9 Å². The van der Waals surface area contributed by atoms with Gasteiger partial charge in [0, 0.05) is 43.9 Å². The van der Waals surface area contributed by atoms with Gasteiger partial charge in [0.05, 0.1) is 31.9 Å². The van der Waals surface area contributed by atoms with Gasteiger partial charge in [-0.25, -0.2) is 0 Å². The molecule has 0 saturated heterocycles. The molecule has 0 saturated carbocycles. The smallest absolute Gasteiger partial charge is 0.242 e. The van der Waals surface area contributed by atoms with Crippen LogP contribution in [0.5, 0.6) is 0 Å². The largest absolute Gasteiger partial charge is 0.379 e. The lowest BCUT2D eigenvalue weighted by Crippen LogP contribution is -2.54. The third-order valence-corrected chi connectivity index (χ3v) is 7.62. The molecule has 284 valence electrons. The fourth-order valence-electron chi connectivity index (χ4n) is 5.20. The monoisotopic (exact) mass is 686 g/mol. The van der Waals surface area contributed by atoms with Crippen LogP contribution in [0.2, 0.25) is 0 Å². The van der Waals surface area contributed by atoms with Crippen molar-refractivity contribution in [2.75, 3.05) is 52.6 Å². The Labute approximate surface area is 293 Å². The van der Waals surface area contributed by atoms with Crippen LogP contribution < -0.4 is 37.2 Å². The number of nitrogens with one attached hydrogen (secondary N) is 7. The number of ether oxygens (including phenoxy) is 2. The Bertz CT molecular complexity index is 814. The third-order valence-electron chi connectivity index (χ3n) is 7.62. The molecule has 0 aliphatic rings. The number of unbranched alkanes of at least 4 members (excludes halogenated alkanes) is 3. The lowest BCUT2D eigenvalue weighted by molar-refractivity contribution is -0.130. The van der Waals surface area contributed by atoms with Crippen molar-refractivity contribution in [1.82, 2.24) is 37.2 Å².